The fourth-order valence-electron chi connectivity index (χ4n) is 0.991. The van der Waals surface area contributed by atoms with E-state index in [4.69, 9.17) is 0 Å². The molecule has 14 heavy (non-hydrogen) atoms. The first-order valence-electron chi connectivity index (χ1n) is 3.88. The van der Waals surface area contributed by atoms with Crippen molar-refractivity contribution in [2.45, 2.75) is 16.8 Å². The summed E-state index contributed by atoms with van der Waals surface area (Å²) < 4.78 is 36.3. The molecule has 0 aromatic heterocycles. The van der Waals surface area contributed by atoms with Crippen molar-refractivity contribution < 1.29 is 13.2 Å². The molecule has 0 amide bonds. The van der Waals surface area contributed by atoms with Crippen molar-refractivity contribution in [3.8, 4) is 0 Å². The van der Waals surface area contributed by atoms with Crippen LogP contribution >= 0.6 is 11.8 Å². The summed E-state index contributed by atoms with van der Waals surface area (Å²) in [6, 6.07) is 7.19. The maximum Gasteiger partial charge on any atom is 0.446 e. The van der Waals surface area contributed by atoms with E-state index in [0.717, 1.165) is 0 Å². The SMILES string of the molecule is C=CCc1cc[c]cc1SC(F)(F)F. The molecule has 75 valence electrons. The van der Waals surface area contributed by atoms with Gasteiger partial charge in [0.25, 0.3) is 0 Å². The summed E-state index contributed by atoms with van der Waals surface area (Å²) in [5.41, 5.74) is -3.62. The Labute approximate surface area is 84.8 Å². The Morgan fingerprint density at radius 2 is 2.21 bits per heavy atom. The number of benzene rings is 1. The Hall–Kier alpha value is -0.900. The summed E-state index contributed by atoms with van der Waals surface area (Å²) in [5.74, 6) is 0. The van der Waals surface area contributed by atoms with Crippen LogP contribution in [0.25, 0.3) is 0 Å². The van der Waals surface area contributed by atoms with Gasteiger partial charge >= 0.3 is 5.51 Å². The lowest BCUT2D eigenvalue weighted by Gasteiger charge is -2.08. The summed E-state index contributed by atoms with van der Waals surface area (Å²) in [6.07, 6.45) is 2.02. The number of hydrogen-bond acceptors (Lipinski definition) is 1. The predicted molar refractivity (Wildman–Crippen MR) is 51.1 cm³/mol. The molecule has 0 N–H and O–H groups in total. The molecule has 0 saturated carbocycles. The maximum atomic E-state index is 12.1. The van der Waals surface area contributed by atoms with Crippen molar-refractivity contribution in [1.82, 2.24) is 0 Å². The lowest BCUT2D eigenvalue weighted by atomic mass is 10.1. The van der Waals surface area contributed by atoms with Gasteiger partial charge in [-0.2, -0.15) is 13.2 Å². The first kappa shape index (κ1) is 11.2. The molecule has 0 spiro atoms. The Bertz CT molecular complexity index is 317. The second kappa shape index (κ2) is 4.55. The van der Waals surface area contributed by atoms with Crippen LogP contribution < -0.4 is 0 Å². The molecule has 0 nitrogen and oxygen atoms in total. The Morgan fingerprint density at radius 1 is 1.50 bits per heavy atom. The Balaban J connectivity index is 2.89. The van der Waals surface area contributed by atoms with Crippen molar-refractivity contribution in [3.63, 3.8) is 0 Å². The molecule has 0 heterocycles. The minimum atomic E-state index is -4.24. The summed E-state index contributed by atoms with van der Waals surface area (Å²) in [4.78, 5) is 0.194. The molecule has 1 aromatic carbocycles. The number of alkyl halides is 3. The number of thioether (sulfide) groups is 1. The van der Waals surface area contributed by atoms with Gasteiger partial charge in [0.2, 0.25) is 0 Å². The zero-order chi connectivity index (χ0) is 10.6. The van der Waals surface area contributed by atoms with Crippen molar-refractivity contribution in [2.75, 3.05) is 0 Å². The van der Waals surface area contributed by atoms with Crippen LogP contribution in [-0.2, 0) is 6.42 Å². The van der Waals surface area contributed by atoms with Gasteiger partial charge in [0, 0.05) is 4.90 Å². The van der Waals surface area contributed by atoms with Gasteiger partial charge in [0.05, 0.1) is 0 Å². The second-order valence-corrected chi connectivity index (χ2v) is 3.68. The zero-order valence-corrected chi connectivity index (χ0v) is 8.08. The van der Waals surface area contributed by atoms with Crippen LogP contribution in [0.15, 0.2) is 35.7 Å². The van der Waals surface area contributed by atoms with Crippen molar-refractivity contribution in [3.05, 3.63) is 42.5 Å². The zero-order valence-electron chi connectivity index (χ0n) is 7.27. The van der Waals surface area contributed by atoms with Gasteiger partial charge in [0.1, 0.15) is 0 Å². The smallest absolute Gasteiger partial charge is 0.160 e. The second-order valence-electron chi connectivity index (χ2n) is 2.57. The molecule has 1 radical (unpaired) electrons. The van der Waals surface area contributed by atoms with E-state index >= 15 is 0 Å². The van der Waals surface area contributed by atoms with Crippen LogP contribution in [0.3, 0.4) is 0 Å². The monoisotopic (exact) mass is 217 g/mol. The van der Waals surface area contributed by atoms with Gasteiger partial charge in [-0.15, -0.1) is 6.58 Å². The molecular formula is C10H8F3S. The molecule has 0 fully saturated rings. The molecule has 0 aliphatic heterocycles. The van der Waals surface area contributed by atoms with Crippen molar-refractivity contribution >= 4 is 11.8 Å². The quantitative estimate of drug-likeness (QED) is 0.547. The van der Waals surface area contributed by atoms with E-state index in [1.165, 1.54) is 6.07 Å². The van der Waals surface area contributed by atoms with Crippen LogP contribution in [0.5, 0.6) is 0 Å². The van der Waals surface area contributed by atoms with Gasteiger partial charge in [-0.05, 0) is 35.9 Å². The molecule has 0 saturated heterocycles. The molecule has 1 aromatic rings. The third kappa shape index (κ3) is 3.46. The molecule has 0 aliphatic carbocycles. The topological polar surface area (TPSA) is 0 Å². The van der Waals surface area contributed by atoms with Crippen LogP contribution in [0, 0.1) is 6.07 Å². The Morgan fingerprint density at radius 3 is 2.79 bits per heavy atom. The highest BCUT2D eigenvalue weighted by molar-refractivity contribution is 8.00. The van der Waals surface area contributed by atoms with E-state index in [1.54, 1.807) is 18.2 Å². The third-order valence-electron chi connectivity index (χ3n) is 1.50. The fourth-order valence-corrected chi connectivity index (χ4v) is 1.65. The van der Waals surface area contributed by atoms with E-state index < -0.39 is 5.51 Å². The average Bonchev–Trinajstić information content (AvgIpc) is 2.06. The van der Waals surface area contributed by atoms with Crippen LogP contribution in [0.4, 0.5) is 13.2 Å². The van der Waals surface area contributed by atoms with Crippen molar-refractivity contribution in [1.29, 1.82) is 0 Å². The predicted octanol–water partition coefficient (Wildman–Crippen LogP) is 3.83. The highest BCUT2D eigenvalue weighted by atomic mass is 32.2. The van der Waals surface area contributed by atoms with Gasteiger partial charge in [-0.3, -0.25) is 0 Å². The van der Waals surface area contributed by atoms with E-state index in [1.807, 2.05) is 0 Å². The number of allylic oxidation sites excluding steroid dienone is 1. The molecule has 1 rings (SSSR count). The lowest BCUT2D eigenvalue weighted by molar-refractivity contribution is -0.0328. The highest BCUT2D eigenvalue weighted by Gasteiger charge is 2.29. The third-order valence-corrected chi connectivity index (χ3v) is 2.33. The maximum absolute atomic E-state index is 12.1. The van der Waals surface area contributed by atoms with Crippen LogP contribution in [0.1, 0.15) is 5.56 Å². The molecular weight excluding hydrogens is 209 g/mol. The van der Waals surface area contributed by atoms with Gasteiger partial charge in [-0.25, -0.2) is 0 Å². The first-order valence-corrected chi connectivity index (χ1v) is 4.70. The van der Waals surface area contributed by atoms with E-state index in [0.29, 0.717) is 12.0 Å². The molecule has 0 unspecified atom stereocenters. The average molecular weight is 217 g/mol. The highest BCUT2D eigenvalue weighted by Crippen LogP contribution is 2.38. The van der Waals surface area contributed by atoms with E-state index in [9.17, 15) is 13.2 Å². The number of rotatable bonds is 3. The fraction of sp³-hybridized carbons (Fsp3) is 0.200. The standard InChI is InChI=1S/C10H8F3S/c1-2-5-8-6-3-4-7-9(8)14-10(11,12)13/h2-3,6-7H,1,5H2. The summed E-state index contributed by atoms with van der Waals surface area (Å²) in [7, 11) is 0. The number of halogens is 3. The normalized spacial score (nSPS) is 11.4. The molecule has 4 heteroatoms. The van der Waals surface area contributed by atoms with E-state index in [2.05, 4.69) is 12.6 Å². The van der Waals surface area contributed by atoms with Gasteiger partial charge < -0.3 is 0 Å². The van der Waals surface area contributed by atoms with Crippen LogP contribution in [-0.4, -0.2) is 5.51 Å². The first-order chi connectivity index (χ1) is 6.53. The molecule has 0 bridgehead atoms. The summed E-state index contributed by atoms with van der Waals surface area (Å²) >= 11 is -0.112. The minimum absolute atomic E-state index is 0.112. The van der Waals surface area contributed by atoms with Gasteiger partial charge in [-0.1, -0.05) is 18.2 Å². The minimum Gasteiger partial charge on any atom is -0.160 e. The summed E-state index contributed by atoms with van der Waals surface area (Å²) in [5, 5.41) is 0. The summed E-state index contributed by atoms with van der Waals surface area (Å²) in [6.45, 7) is 3.49. The van der Waals surface area contributed by atoms with E-state index in [-0.39, 0.29) is 16.7 Å². The molecule has 0 atom stereocenters. The van der Waals surface area contributed by atoms with Crippen molar-refractivity contribution in [2.24, 2.45) is 0 Å². The molecule has 0 aliphatic rings. The van der Waals surface area contributed by atoms with Crippen LogP contribution in [0.2, 0.25) is 0 Å². The lowest BCUT2D eigenvalue weighted by Crippen LogP contribution is -2.00. The Kier molecular flexibility index (Phi) is 3.63. The number of hydrogen-bond donors (Lipinski definition) is 0. The largest absolute Gasteiger partial charge is 0.446 e. The van der Waals surface area contributed by atoms with Gasteiger partial charge in [0.15, 0.2) is 0 Å².